The summed E-state index contributed by atoms with van der Waals surface area (Å²) in [6.45, 7) is 4.34. The van der Waals surface area contributed by atoms with Crippen LogP contribution in [0.25, 0.3) is 0 Å². The summed E-state index contributed by atoms with van der Waals surface area (Å²) in [5, 5.41) is 3.14. The summed E-state index contributed by atoms with van der Waals surface area (Å²) in [4.78, 5) is 12.8. The maximum absolute atomic E-state index is 5.73. The molecule has 5 nitrogen and oxygen atoms in total. The molecule has 6 heteroatoms. The van der Waals surface area contributed by atoms with Gasteiger partial charge in [0.15, 0.2) is 5.96 Å². The second-order valence-electron chi connectivity index (χ2n) is 4.17. The monoisotopic (exact) mass is 347 g/mol. The Balaban J connectivity index is 0.00000144. The average Bonchev–Trinajstić information content (AvgIpc) is 2.97. The van der Waals surface area contributed by atoms with Crippen molar-refractivity contribution in [2.45, 2.75) is 39.3 Å². The van der Waals surface area contributed by atoms with Gasteiger partial charge in [-0.15, -0.1) is 24.0 Å². The smallest absolute Gasteiger partial charge is 0.189 e. The number of hydrogen-bond donors (Lipinski definition) is 2. The highest BCUT2D eigenvalue weighted by Gasteiger charge is 2.21. The number of hydrogen-bond acceptors (Lipinski definition) is 3. The minimum absolute atomic E-state index is 0. The highest BCUT2D eigenvalue weighted by Crippen LogP contribution is 2.18. The molecule has 2 rings (SSSR count). The van der Waals surface area contributed by atoms with E-state index in [2.05, 4.69) is 20.3 Å². The maximum atomic E-state index is 5.73. The van der Waals surface area contributed by atoms with Crippen LogP contribution in [0, 0.1) is 13.8 Å². The quantitative estimate of drug-likeness (QED) is 0.491. The van der Waals surface area contributed by atoms with Gasteiger partial charge in [0.25, 0.3) is 0 Å². The van der Waals surface area contributed by atoms with Gasteiger partial charge in [0.2, 0.25) is 0 Å². The topological polar surface area (TPSA) is 76.2 Å². The Morgan fingerprint density at radius 3 is 2.76 bits per heavy atom. The fourth-order valence-corrected chi connectivity index (χ4v) is 1.52. The summed E-state index contributed by atoms with van der Waals surface area (Å²) in [5.41, 5.74) is 7.61. The molecule has 0 saturated heterocycles. The molecule has 0 amide bonds. The number of aliphatic imine (C=N–C) groups is 1. The number of aromatic nitrogens is 2. The number of nitrogens with zero attached hydrogens (tertiary/aromatic N) is 3. The molecule has 1 aliphatic rings. The molecular formula is C11H18IN5. The highest BCUT2D eigenvalue weighted by molar-refractivity contribution is 14.0. The van der Waals surface area contributed by atoms with Gasteiger partial charge in [-0.1, -0.05) is 0 Å². The van der Waals surface area contributed by atoms with Crippen LogP contribution in [0.3, 0.4) is 0 Å². The predicted molar refractivity (Wildman–Crippen MR) is 78.4 cm³/mol. The Bertz CT molecular complexity index is 394. The second kappa shape index (κ2) is 6.13. The molecule has 0 aliphatic heterocycles. The summed E-state index contributed by atoms with van der Waals surface area (Å²) in [6, 6.07) is 2.47. The molecule has 1 heterocycles. The molecule has 94 valence electrons. The minimum Gasteiger partial charge on any atom is -0.370 e. The van der Waals surface area contributed by atoms with Crippen molar-refractivity contribution in [1.82, 2.24) is 15.3 Å². The fraction of sp³-hybridized carbons (Fsp3) is 0.545. The normalized spacial score (nSPS) is 15.3. The van der Waals surface area contributed by atoms with Gasteiger partial charge in [-0.3, -0.25) is 0 Å². The molecular weight excluding hydrogens is 329 g/mol. The molecule has 1 aromatic heterocycles. The van der Waals surface area contributed by atoms with Gasteiger partial charge in [0, 0.05) is 11.7 Å². The zero-order valence-corrected chi connectivity index (χ0v) is 12.4. The molecule has 0 spiro atoms. The molecule has 0 unspecified atom stereocenters. The predicted octanol–water partition coefficient (Wildman–Crippen LogP) is 1.28. The van der Waals surface area contributed by atoms with Crippen LogP contribution in [0.15, 0.2) is 11.1 Å². The van der Waals surface area contributed by atoms with E-state index in [4.69, 9.17) is 5.73 Å². The van der Waals surface area contributed by atoms with E-state index < -0.39 is 0 Å². The third kappa shape index (κ3) is 4.84. The lowest BCUT2D eigenvalue weighted by Gasteiger charge is -2.04. The molecule has 1 aliphatic carbocycles. The van der Waals surface area contributed by atoms with Crippen molar-refractivity contribution >= 4 is 29.9 Å². The third-order valence-electron chi connectivity index (χ3n) is 2.36. The number of rotatable bonds is 3. The van der Waals surface area contributed by atoms with Crippen LogP contribution in [0.4, 0.5) is 0 Å². The summed E-state index contributed by atoms with van der Waals surface area (Å²) in [7, 11) is 0. The van der Waals surface area contributed by atoms with Crippen LogP contribution in [-0.4, -0.2) is 22.0 Å². The van der Waals surface area contributed by atoms with Gasteiger partial charge >= 0.3 is 0 Å². The number of nitrogens with one attached hydrogen (secondary N) is 1. The van der Waals surface area contributed by atoms with E-state index in [0.717, 1.165) is 17.2 Å². The highest BCUT2D eigenvalue weighted by atomic mass is 127. The molecule has 1 aromatic rings. The van der Waals surface area contributed by atoms with Gasteiger partial charge in [-0.25, -0.2) is 15.0 Å². The van der Waals surface area contributed by atoms with E-state index in [1.54, 1.807) is 0 Å². The van der Waals surface area contributed by atoms with Gasteiger partial charge in [0.05, 0.1) is 12.2 Å². The Hall–Kier alpha value is -0.920. The van der Waals surface area contributed by atoms with Crippen molar-refractivity contribution < 1.29 is 0 Å². The lowest BCUT2D eigenvalue weighted by atomic mass is 10.3. The molecule has 1 saturated carbocycles. The third-order valence-corrected chi connectivity index (χ3v) is 2.36. The first-order valence-corrected chi connectivity index (χ1v) is 5.51. The second-order valence-corrected chi connectivity index (χ2v) is 4.17. The molecule has 0 aromatic carbocycles. The molecule has 0 atom stereocenters. The van der Waals surface area contributed by atoms with Crippen molar-refractivity contribution in [3.8, 4) is 0 Å². The Kier molecular flexibility index (Phi) is 5.10. The number of nitrogens with two attached hydrogens (primary N) is 1. The fourth-order valence-electron chi connectivity index (χ4n) is 1.52. The van der Waals surface area contributed by atoms with E-state index in [1.807, 2.05) is 19.9 Å². The zero-order chi connectivity index (χ0) is 11.5. The number of aryl methyl sites for hydroxylation is 2. The van der Waals surface area contributed by atoms with Crippen LogP contribution in [0.1, 0.15) is 30.1 Å². The zero-order valence-electron chi connectivity index (χ0n) is 10.1. The number of halogens is 1. The van der Waals surface area contributed by atoms with Crippen LogP contribution in [0.2, 0.25) is 0 Å². The molecule has 0 radical (unpaired) electrons. The minimum atomic E-state index is 0. The Morgan fingerprint density at radius 1 is 1.47 bits per heavy atom. The van der Waals surface area contributed by atoms with Gasteiger partial charge < -0.3 is 11.1 Å². The van der Waals surface area contributed by atoms with Crippen LogP contribution in [0.5, 0.6) is 0 Å². The summed E-state index contributed by atoms with van der Waals surface area (Å²) in [6.07, 6.45) is 2.39. The van der Waals surface area contributed by atoms with Crippen LogP contribution >= 0.6 is 24.0 Å². The first-order valence-electron chi connectivity index (χ1n) is 5.51. The van der Waals surface area contributed by atoms with Gasteiger partial charge in [0.1, 0.15) is 5.82 Å². The van der Waals surface area contributed by atoms with E-state index in [9.17, 15) is 0 Å². The molecule has 17 heavy (non-hydrogen) atoms. The molecule has 3 N–H and O–H groups in total. The van der Waals surface area contributed by atoms with Gasteiger partial charge in [-0.05, 0) is 32.8 Å². The van der Waals surface area contributed by atoms with Crippen molar-refractivity contribution in [1.29, 1.82) is 0 Å². The summed E-state index contributed by atoms with van der Waals surface area (Å²) >= 11 is 0. The lowest BCUT2D eigenvalue weighted by molar-refractivity contribution is 0.859. The van der Waals surface area contributed by atoms with Crippen molar-refractivity contribution in [3.05, 3.63) is 23.3 Å². The van der Waals surface area contributed by atoms with Gasteiger partial charge in [-0.2, -0.15) is 0 Å². The van der Waals surface area contributed by atoms with Crippen LogP contribution in [-0.2, 0) is 6.54 Å². The first kappa shape index (κ1) is 14.1. The lowest BCUT2D eigenvalue weighted by Crippen LogP contribution is -2.33. The van der Waals surface area contributed by atoms with Crippen molar-refractivity contribution in [2.24, 2.45) is 10.7 Å². The van der Waals surface area contributed by atoms with Crippen LogP contribution < -0.4 is 11.1 Å². The van der Waals surface area contributed by atoms with E-state index >= 15 is 0 Å². The summed E-state index contributed by atoms with van der Waals surface area (Å²) < 4.78 is 0. The van der Waals surface area contributed by atoms with E-state index in [-0.39, 0.29) is 24.0 Å². The van der Waals surface area contributed by atoms with E-state index in [0.29, 0.717) is 18.5 Å². The maximum Gasteiger partial charge on any atom is 0.189 e. The Labute approximate surface area is 118 Å². The summed E-state index contributed by atoms with van der Waals surface area (Å²) in [5.74, 6) is 1.29. The number of guanidine groups is 1. The largest absolute Gasteiger partial charge is 0.370 e. The van der Waals surface area contributed by atoms with E-state index in [1.165, 1.54) is 12.8 Å². The molecule has 1 fully saturated rings. The van der Waals surface area contributed by atoms with Crippen molar-refractivity contribution in [3.63, 3.8) is 0 Å². The Morgan fingerprint density at radius 2 is 2.18 bits per heavy atom. The van der Waals surface area contributed by atoms with Crippen molar-refractivity contribution in [2.75, 3.05) is 0 Å². The average molecular weight is 347 g/mol. The first-order chi connectivity index (χ1) is 7.63. The SMILES string of the molecule is Cc1cc(CN=C(N)NC2CC2)nc(C)n1.I. The molecule has 0 bridgehead atoms. The standard InChI is InChI=1S/C11H17N5.HI/c1-7-5-10(15-8(2)14-7)6-13-11(12)16-9-3-4-9;/h5,9H,3-4,6H2,1-2H3,(H3,12,13,16);1H.